The van der Waals surface area contributed by atoms with Gasteiger partial charge in [-0.3, -0.25) is 0 Å². The Morgan fingerprint density at radius 2 is 2.16 bits per heavy atom. The molecule has 0 saturated carbocycles. The van der Waals surface area contributed by atoms with Crippen LogP contribution in [0.15, 0.2) is 24.3 Å². The molecule has 0 bridgehead atoms. The summed E-state index contributed by atoms with van der Waals surface area (Å²) >= 11 is 3.97. The van der Waals surface area contributed by atoms with Crippen molar-refractivity contribution in [2.24, 2.45) is 0 Å². The van der Waals surface area contributed by atoms with Crippen molar-refractivity contribution >= 4 is 23.5 Å². The summed E-state index contributed by atoms with van der Waals surface area (Å²) in [6.45, 7) is 0. The van der Waals surface area contributed by atoms with Gasteiger partial charge in [0.2, 0.25) is 0 Å². The van der Waals surface area contributed by atoms with Gasteiger partial charge in [-0.15, -0.1) is 0 Å². The second-order valence-electron chi connectivity index (χ2n) is 5.58. The van der Waals surface area contributed by atoms with E-state index in [1.165, 1.54) is 41.9 Å². The van der Waals surface area contributed by atoms with E-state index in [1.54, 1.807) is 0 Å². The Balaban J connectivity index is 1.66. The van der Waals surface area contributed by atoms with Crippen molar-refractivity contribution in [2.75, 3.05) is 17.3 Å². The lowest BCUT2D eigenvalue weighted by Crippen LogP contribution is -2.31. The summed E-state index contributed by atoms with van der Waals surface area (Å²) in [6.07, 6.45) is 4.57. The number of hydrogen-bond donors (Lipinski definition) is 1. The van der Waals surface area contributed by atoms with Gasteiger partial charge in [-0.2, -0.15) is 23.5 Å². The van der Waals surface area contributed by atoms with Crippen molar-refractivity contribution in [1.82, 2.24) is 0 Å². The Kier molecular flexibility index (Phi) is 4.78. The van der Waals surface area contributed by atoms with Crippen LogP contribution in [0, 0.1) is 0 Å². The third-order valence-electron chi connectivity index (χ3n) is 4.29. The number of hydrogen-bond acceptors (Lipinski definition) is 3. The van der Waals surface area contributed by atoms with E-state index in [0.717, 1.165) is 12.2 Å². The fourth-order valence-electron chi connectivity index (χ4n) is 3.27. The SMILES string of the molecule is OC(CC1CCCc2ccccc21)C1CSCCS1. The van der Waals surface area contributed by atoms with E-state index in [9.17, 15) is 5.11 Å². The largest absolute Gasteiger partial charge is 0.392 e. The molecule has 0 radical (unpaired) electrons. The molecule has 1 aliphatic carbocycles. The van der Waals surface area contributed by atoms with Crippen molar-refractivity contribution in [3.63, 3.8) is 0 Å². The van der Waals surface area contributed by atoms with Crippen LogP contribution >= 0.6 is 23.5 Å². The molecular weight excluding hydrogens is 272 g/mol. The van der Waals surface area contributed by atoms with Gasteiger partial charge in [-0.05, 0) is 42.7 Å². The average Bonchev–Trinajstić information content (AvgIpc) is 2.48. The Bertz CT molecular complexity index is 415. The quantitative estimate of drug-likeness (QED) is 0.918. The maximum Gasteiger partial charge on any atom is 0.0672 e. The predicted molar refractivity (Wildman–Crippen MR) is 86.3 cm³/mol. The van der Waals surface area contributed by atoms with Crippen LogP contribution in [0.2, 0.25) is 0 Å². The highest BCUT2D eigenvalue weighted by molar-refractivity contribution is 8.06. The monoisotopic (exact) mass is 294 g/mol. The molecule has 1 fully saturated rings. The van der Waals surface area contributed by atoms with Crippen molar-refractivity contribution in [3.8, 4) is 0 Å². The first kappa shape index (κ1) is 13.8. The summed E-state index contributed by atoms with van der Waals surface area (Å²) in [5, 5.41) is 11.0. The molecule has 19 heavy (non-hydrogen) atoms. The third-order valence-corrected chi connectivity index (χ3v) is 7.20. The molecule has 0 spiro atoms. The molecule has 3 rings (SSSR count). The van der Waals surface area contributed by atoms with E-state index in [4.69, 9.17) is 0 Å². The standard InChI is InChI=1S/C16H22OS2/c17-15(16-11-18-8-9-19-16)10-13-6-3-5-12-4-1-2-7-14(12)13/h1-2,4,7,13,15-17H,3,5-6,8-11H2. The van der Waals surface area contributed by atoms with Gasteiger partial charge in [0.1, 0.15) is 0 Å². The molecule has 1 N–H and O–H groups in total. The second-order valence-corrected chi connectivity index (χ2v) is 8.07. The Morgan fingerprint density at radius 3 is 3.00 bits per heavy atom. The zero-order chi connectivity index (χ0) is 13.1. The molecule has 1 aliphatic heterocycles. The summed E-state index contributed by atoms with van der Waals surface area (Å²) in [5.41, 5.74) is 3.01. The average molecular weight is 294 g/mol. The number of aryl methyl sites for hydroxylation is 1. The van der Waals surface area contributed by atoms with E-state index >= 15 is 0 Å². The topological polar surface area (TPSA) is 20.2 Å². The molecule has 1 aromatic carbocycles. The minimum Gasteiger partial charge on any atom is -0.392 e. The molecule has 1 nitrogen and oxygen atoms in total. The van der Waals surface area contributed by atoms with Gasteiger partial charge in [0.05, 0.1) is 6.10 Å². The normalized spacial score (nSPS) is 28.7. The van der Waals surface area contributed by atoms with E-state index in [-0.39, 0.29) is 6.10 Å². The molecular formula is C16H22OS2. The number of rotatable bonds is 3. The highest BCUT2D eigenvalue weighted by Crippen LogP contribution is 2.37. The molecule has 3 unspecified atom stereocenters. The smallest absolute Gasteiger partial charge is 0.0672 e. The molecule has 3 heteroatoms. The van der Waals surface area contributed by atoms with E-state index in [2.05, 4.69) is 24.3 Å². The predicted octanol–water partition coefficient (Wildman–Crippen LogP) is 3.71. The summed E-state index contributed by atoms with van der Waals surface area (Å²) in [6, 6.07) is 8.83. The first-order valence-electron chi connectivity index (χ1n) is 7.30. The lowest BCUT2D eigenvalue weighted by atomic mass is 9.80. The van der Waals surface area contributed by atoms with E-state index < -0.39 is 0 Å². The van der Waals surface area contributed by atoms with Gasteiger partial charge in [-0.25, -0.2) is 0 Å². The molecule has 2 aliphatic rings. The first-order chi connectivity index (χ1) is 9.34. The Labute approximate surface area is 124 Å². The number of benzene rings is 1. The van der Waals surface area contributed by atoms with Gasteiger partial charge in [-0.1, -0.05) is 24.3 Å². The maximum atomic E-state index is 10.5. The summed E-state index contributed by atoms with van der Waals surface area (Å²) in [5.74, 6) is 4.15. The lowest BCUT2D eigenvalue weighted by molar-refractivity contribution is 0.154. The minimum absolute atomic E-state index is 0.131. The molecule has 3 atom stereocenters. The first-order valence-corrected chi connectivity index (χ1v) is 9.50. The molecule has 0 amide bonds. The summed E-state index contributed by atoms with van der Waals surface area (Å²) in [4.78, 5) is 0. The van der Waals surface area contributed by atoms with Gasteiger partial charge < -0.3 is 5.11 Å². The van der Waals surface area contributed by atoms with Gasteiger partial charge >= 0.3 is 0 Å². The van der Waals surface area contributed by atoms with Crippen LogP contribution in [-0.2, 0) is 6.42 Å². The molecule has 0 aromatic heterocycles. The van der Waals surface area contributed by atoms with Crippen LogP contribution in [-0.4, -0.2) is 33.7 Å². The fourth-order valence-corrected chi connectivity index (χ4v) is 6.06. The highest BCUT2D eigenvalue weighted by atomic mass is 32.2. The number of aliphatic hydroxyl groups excluding tert-OH is 1. The van der Waals surface area contributed by atoms with Gasteiger partial charge in [0, 0.05) is 22.5 Å². The van der Waals surface area contributed by atoms with Crippen LogP contribution in [0.4, 0.5) is 0 Å². The van der Waals surface area contributed by atoms with E-state index in [1.807, 2.05) is 23.5 Å². The Hall–Kier alpha value is -0.120. The minimum atomic E-state index is -0.131. The number of fused-ring (bicyclic) bond motifs is 1. The van der Waals surface area contributed by atoms with E-state index in [0.29, 0.717) is 11.2 Å². The highest BCUT2D eigenvalue weighted by Gasteiger charge is 2.28. The van der Waals surface area contributed by atoms with Crippen molar-refractivity contribution < 1.29 is 5.11 Å². The van der Waals surface area contributed by atoms with Crippen molar-refractivity contribution in [2.45, 2.75) is 43.0 Å². The molecule has 104 valence electrons. The van der Waals surface area contributed by atoms with Crippen molar-refractivity contribution in [3.05, 3.63) is 35.4 Å². The number of thioether (sulfide) groups is 2. The lowest BCUT2D eigenvalue weighted by Gasteiger charge is -2.31. The number of aliphatic hydroxyl groups is 1. The molecule has 1 heterocycles. The maximum absolute atomic E-state index is 10.5. The van der Waals surface area contributed by atoms with Crippen LogP contribution in [0.1, 0.15) is 36.3 Å². The van der Waals surface area contributed by atoms with Crippen molar-refractivity contribution in [1.29, 1.82) is 0 Å². The Morgan fingerprint density at radius 1 is 1.26 bits per heavy atom. The van der Waals surface area contributed by atoms with Crippen LogP contribution in [0.25, 0.3) is 0 Å². The molecule has 1 aromatic rings. The second kappa shape index (κ2) is 6.55. The summed E-state index contributed by atoms with van der Waals surface area (Å²) < 4.78 is 0. The van der Waals surface area contributed by atoms with Crippen LogP contribution in [0.5, 0.6) is 0 Å². The third kappa shape index (κ3) is 3.32. The van der Waals surface area contributed by atoms with Crippen LogP contribution in [0.3, 0.4) is 0 Å². The van der Waals surface area contributed by atoms with Gasteiger partial charge in [0.15, 0.2) is 0 Å². The fraction of sp³-hybridized carbons (Fsp3) is 0.625. The zero-order valence-corrected chi connectivity index (χ0v) is 12.9. The van der Waals surface area contributed by atoms with Gasteiger partial charge in [0.25, 0.3) is 0 Å². The summed E-state index contributed by atoms with van der Waals surface area (Å²) in [7, 11) is 0. The molecule has 1 saturated heterocycles. The van der Waals surface area contributed by atoms with Crippen LogP contribution < -0.4 is 0 Å². The zero-order valence-electron chi connectivity index (χ0n) is 11.3.